The van der Waals surface area contributed by atoms with Crippen LogP contribution in [0.2, 0.25) is 0 Å². The molecular formula is C14H20N2S. The van der Waals surface area contributed by atoms with Gasteiger partial charge in [0.1, 0.15) is 0 Å². The zero-order chi connectivity index (χ0) is 12.3. The predicted molar refractivity (Wildman–Crippen MR) is 77.3 cm³/mol. The first-order chi connectivity index (χ1) is 8.13. The summed E-state index contributed by atoms with van der Waals surface area (Å²) in [5, 5.41) is 7.37. The van der Waals surface area contributed by atoms with E-state index in [1.165, 1.54) is 24.8 Å². The van der Waals surface area contributed by atoms with E-state index in [9.17, 15) is 0 Å². The van der Waals surface area contributed by atoms with Gasteiger partial charge in [-0.2, -0.15) is 0 Å². The Morgan fingerprint density at radius 3 is 2.53 bits per heavy atom. The summed E-state index contributed by atoms with van der Waals surface area (Å²) in [6, 6.07) is 8.84. The smallest absolute Gasteiger partial charge is 0.170 e. The Balaban J connectivity index is 1.83. The summed E-state index contributed by atoms with van der Waals surface area (Å²) in [4.78, 5) is 0. The zero-order valence-electron chi connectivity index (χ0n) is 10.5. The summed E-state index contributed by atoms with van der Waals surface area (Å²) in [5.74, 6) is 0.828. The number of thiocarbonyl (C=S) groups is 1. The van der Waals surface area contributed by atoms with Crippen LogP contribution in [-0.2, 0) is 0 Å². The number of benzene rings is 1. The molecule has 0 amide bonds. The summed E-state index contributed by atoms with van der Waals surface area (Å²) in [6.07, 6.45) is 3.78. The fraction of sp³-hybridized carbons (Fsp3) is 0.500. The lowest BCUT2D eigenvalue weighted by molar-refractivity contribution is 0.572. The van der Waals surface area contributed by atoms with Crippen molar-refractivity contribution in [3.05, 3.63) is 29.8 Å². The summed E-state index contributed by atoms with van der Waals surface area (Å²) < 4.78 is 0. The van der Waals surface area contributed by atoms with Crippen molar-refractivity contribution in [2.24, 2.45) is 5.92 Å². The van der Waals surface area contributed by atoms with Gasteiger partial charge in [0.25, 0.3) is 0 Å². The molecule has 0 heterocycles. The summed E-state index contributed by atoms with van der Waals surface area (Å²) in [6.45, 7) is 4.39. The molecule has 2 N–H and O–H groups in total. The maximum absolute atomic E-state index is 5.32. The van der Waals surface area contributed by atoms with Gasteiger partial charge < -0.3 is 10.6 Å². The third kappa shape index (κ3) is 3.70. The summed E-state index contributed by atoms with van der Waals surface area (Å²) in [7, 11) is 0. The molecule has 0 aromatic heterocycles. The molecule has 1 aliphatic carbocycles. The summed E-state index contributed by atoms with van der Waals surface area (Å²) >= 11 is 5.32. The van der Waals surface area contributed by atoms with E-state index >= 15 is 0 Å². The van der Waals surface area contributed by atoms with Gasteiger partial charge in [0.2, 0.25) is 0 Å². The van der Waals surface area contributed by atoms with Crippen molar-refractivity contribution >= 4 is 23.0 Å². The predicted octanol–water partition coefficient (Wildman–Crippen LogP) is 3.47. The second-order valence-electron chi connectivity index (χ2n) is 5.08. The second-order valence-corrected chi connectivity index (χ2v) is 5.49. The van der Waals surface area contributed by atoms with E-state index in [1.807, 2.05) is 0 Å². The van der Waals surface area contributed by atoms with Crippen molar-refractivity contribution in [3.63, 3.8) is 0 Å². The normalized spacial score (nSPS) is 23.4. The molecule has 1 aromatic carbocycles. The average molecular weight is 248 g/mol. The van der Waals surface area contributed by atoms with Crippen LogP contribution in [-0.4, -0.2) is 11.2 Å². The largest absolute Gasteiger partial charge is 0.360 e. The molecule has 0 saturated heterocycles. The van der Waals surface area contributed by atoms with Crippen LogP contribution in [0, 0.1) is 12.8 Å². The van der Waals surface area contributed by atoms with Gasteiger partial charge in [-0.1, -0.05) is 24.6 Å². The van der Waals surface area contributed by atoms with Crippen molar-refractivity contribution in [2.75, 3.05) is 5.32 Å². The van der Waals surface area contributed by atoms with Crippen molar-refractivity contribution < 1.29 is 0 Å². The monoisotopic (exact) mass is 248 g/mol. The minimum atomic E-state index is 0.551. The first kappa shape index (κ1) is 12.4. The highest BCUT2D eigenvalue weighted by Crippen LogP contribution is 2.24. The van der Waals surface area contributed by atoms with E-state index < -0.39 is 0 Å². The Kier molecular flexibility index (Phi) is 4.00. The number of anilines is 1. The van der Waals surface area contributed by atoms with Crippen molar-refractivity contribution in [2.45, 2.75) is 39.2 Å². The van der Waals surface area contributed by atoms with Crippen LogP contribution in [0.4, 0.5) is 5.69 Å². The van der Waals surface area contributed by atoms with Crippen LogP contribution >= 0.6 is 12.2 Å². The molecule has 2 unspecified atom stereocenters. The molecule has 2 rings (SSSR count). The quantitative estimate of drug-likeness (QED) is 0.784. The molecule has 1 aromatic rings. The third-order valence-corrected chi connectivity index (χ3v) is 3.56. The maximum Gasteiger partial charge on any atom is 0.170 e. The van der Waals surface area contributed by atoms with E-state index in [2.05, 4.69) is 48.7 Å². The lowest BCUT2D eigenvalue weighted by atomic mass is 10.1. The Hall–Kier alpha value is -1.09. The molecular weight excluding hydrogens is 228 g/mol. The molecule has 0 radical (unpaired) electrons. The lowest BCUT2D eigenvalue weighted by Crippen LogP contribution is -2.36. The molecule has 0 spiro atoms. The minimum Gasteiger partial charge on any atom is -0.360 e. The van der Waals surface area contributed by atoms with Gasteiger partial charge in [0, 0.05) is 11.7 Å². The molecule has 0 bridgehead atoms. The SMILES string of the molecule is Cc1ccc(NC(=S)NC2CCC(C)C2)cc1. The fourth-order valence-corrected chi connectivity index (χ4v) is 2.61. The maximum atomic E-state index is 5.32. The molecule has 17 heavy (non-hydrogen) atoms. The highest BCUT2D eigenvalue weighted by atomic mass is 32.1. The first-order valence-corrected chi connectivity index (χ1v) is 6.68. The molecule has 1 fully saturated rings. The molecule has 92 valence electrons. The van der Waals surface area contributed by atoms with Crippen molar-refractivity contribution in [1.82, 2.24) is 5.32 Å². The van der Waals surface area contributed by atoms with Crippen LogP contribution in [0.15, 0.2) is 24.3 Å². The Labute approximate surface area is 109 Å². The molecule has 2 atom stereocenters. The molecule has 0 aliphatic heterocycles. The second kappa shape index (κ2) is 5.50. The van der Waals surface area contributed by atoms with Gasteiger partial charge in [0.05, 0.1) is 0 Å². The Bertz CT molecular complexity index is 386. The van der Waals surface area contributed by atoms with Gasteiger partial charge in [-0.15, -0.1) is 0 Å². The van der Waals surface area contributed by atoms with Gasteiger partial charge >= 0.3 is 0 Å². The molecule has 1 aliphatic rings. The molecule has 1 saturated carbocycles. The van der Waals surface area contributed by atoms with E-state index in [-0.39, 0.29) is 0 Å². The van der Waals surface area contributed by atoms with E-state index in [1.54, 1.807) is 0 Å². The first-order valence-electron chi connectivity index (χ1n) is 6.27. The van der Waals surface area contributed by atoms with Crippen LogP contribution < -0.4 is 10.6 Å². The van der Waals surface area contributed by atoms with E-state index in [0.29, 0.717) is 6.04 Å². The topological polar surface area (TPSA) is 24.1 Å². The van der Waals surface area contributed by atoms with Crippen LogP contribution in [0.3, 0.4) is 0 Å². The van der Waals surface area contributed by atoms with Crippen LogP contribution in [0.1, 0.15) is 31.7 Å². The van der Waals surface area contributed by atoms with Crippen LogP contribution in [0.25, 0.3) is 0 Å². The van der Waals surface area contributed by atoms with Gasteiger partial charge in [-0.05, 0) is 56.5 Å². The minimum absolute atomic E-state index is 0.551. The third-order valence-electron chi connectivity index (χ3n) is 3.34. The van der Waals surface area contributed by atoms with Gasteiger partial charge in [-0.25, -0.2) is 0 Å². The fourth-order valence-electron chi connectivity index (χ4n) is 2.33. The average Bonchev–Trinajstić information content (AvgIpc) is 2.67. The Morgan fingerprint density at radius 1 is 1.24 bits per heavy atom. The van der Waals surface area contributed by atoms with E-state index in [4.69, 9.17) is 12.2 Å². The molecule has 2 nitrogen and oxygen atoms in total. The van der Waals surface area contributed by atoms with Gasteiger partial charge in [-0.3, -0.25) is 0 Å². The lowest BCUT2D eigenvalue weighted by Gasteiger charge is -2.16. The molecule has 3 heteroatoms. The van der Waals surface area contributed by atoms with Crippen LogP contribution in [0.5, 0.6) is 0 Å². The number of hydrogen-bond donors (Lipinski definition) is 2. The van der Waals surface area contributed by atoms with Crippen molar-refractivity contribution in [3.8, 4) is 0 Å². The van der Waals surface area contributed by atoms with Crippen molar-refractivity contribution in [1.29, 1.82) is 0 Å². The number of nitrogens with one attached hydrogen (secondary N) is 2. The number of hydrogen-bond acceptors (Lipinski definition) is 1. The Morgan fingerprint density at radius 2 is 1.94 bits per heavy atom. The summed E-state index contributed by atoms with van der Waals surface area (Å²) in [5.41, 5.74) is 2.32. The zero-order valence-corrected chi connectivity index (χ0v) is 11.3. The highest BCUT2D eigenvalue weighted by molar-refractivity contribution is 7.80. The standard InChI is InChI=1S/C14H20N2S/c1-10-3-6-12(7-4-10)15-14(17)16-13-8-5-11(2)9-13/h3-4,6-7,11,13H,5,8-9H2,1-2H3,(H2,15,16,17). The number of aryl methyl sites for hydroxylation is 1. The highest BCUT2D eigenvalue weighted by Gasteiger charge is 2.21. The van der Waals surface area contributed by atoms with E-state index in [0.717, 1.165) is 16.7 Å². The number of rotatable bonds is 2. The van der Waals surface area contributed by atoms with Gasteiger partial charge in [0.15, 0.2) is 5.11 Å².